The van der Waals surface area contributed by atoms with Gasteiger partial charge in [-0.05, 0) is 17.7 Å². The molecule has 0 atom stereocenters. The zero-order chi connectivity index (χ0) is 12.9. The second-order valence-corrected chi connectivity index (χ2v) is 4.71. The van der Waals surface area contributed by atoms with Crippen LogP contribution in [0.1, 0.15) is 25.8 Å². The number of carboxylic acids is 1. The predicted molar refractivity (Wildman–Crippen MR) is 64.5 cm³/mol. The van der Waals surface area contributed by atoms with Crippen LogP contribution in [0.2, 0.25) is 0 Å². The number of hydrogen-bond acceptors (Lipinski definition) is 2. The molecule has 0 aromatic heterocycles. The van der Waals surface area contributed by atoms with Crippen molar-refractivity contribution in [1.29, 1.82) is 0 Å². The summed E-state index contributed by atoms with van der Waals surface area (Å²) < 4.78 is 13.1. The van der Waals surface area contributed by atoms with E-state index in [4.69, 9.17) is 5.11 Å². The average molecular weight is 239 g/mol. The van der Waals surface area contributed by atoms with Crippen LogP contribution < -0.4 is 5.32 Å². The molecule has 94 valence electrons. The molecule has 1 rings (SSSR count). The molecule has 0 unspecified atom stereocenters. The minimum atomic E-state index is -0.818. The van der Waals surface area contributed by atoms with E-state index in [1.807, 2.05) is 19.9 Å². The smallest absolute Gasteiger partial charge is 0.304 e. The lowest BCUT2D eigenvalue weighted by molar-refractivity contribution is -0.136. The van der Waals surface area contributed by atoms with Gasteiger partial charge in [-0.1, -0.05) is 26.0 Å². The highest BCUT2D eigenvalue weighted by molar-refractivity contribution is 5.66. The van der Waals surface area contributed by atoms with Crippen LogP contribution in [-0.2, 0) is 10.2 Å². The van der Waals surface area contributed by atoms with Crippen LogP contribution in [0.5, 0.6) is 0 Å². The van der Waals surface area contributed by atoms with Crippen LogP contribution in [0.15, 0.2) is 24.3 Å². The molecule has 1 aromatic rings. The third kappa shape index (κ3) is 4.53. The molecule has 17 heavy (non-hydrogen) atoms. The summed E-state index contributed by atoms with van der Waals surface area (Å²) in [6.45, 7) is 5.03. The maximum atomic E-state index is 13.1. The van der Waals surface area contributed by atoms with E-state index in [2.05, 4.69) is 5.32 Å². The summed E-state index contributed by atoms with van der Waals surface area (Å²) in [4.78, 5) is 10.3. The summed E-state index contributed by atoms with van der Waals surface area (Å²) in [7, 11) is 0. The number of rotatable bonds is 6. The van der Waals surface area contributed by atoms with E-state index in [0.717, 1.165) is 5.56 Å². The number of halogens is 1. The third-order valence-electron chi connectivity index (χ3n) is 2.69. The first-order chi connectivity index (χ1) is 7.92. The molecule has 0 bridgehead atoms. The molecular formula is C13H18FNO2. The van der Waals surface area contributed by atoms with Crippen LogP contribution in [0, 0.1) is 5.82 Å². The first kappa shape index (κ1) is 13.6. The molecule has 0 aliphatic heterocycles. The Bertz CT molecular complexity index is 391. The van der Waals surface area contributed by atoms with Gasteiger partial charge < -0.3 is 10.4 Å². The van der Waals surface area contributed by atoms with Gasteiger partial charge in [-0.3, -0.25) is 4.79 Å². The molecule has 0 heterocycles. The summed E-state index contributed by atoms with van der Waals surface area (Å²) in [6, 6.07) is 6.49. The Labute approximate surface area is 101 Å². The highest BCUT2D eigenvalue weighted by Gasteiger charge is 2.20. The molecule has 4 heteroatoms. The van der Waals surface area contributed by atoms with Crippen LogP contribution in [-0.4, -0.2) is 24.2 Å². The Kier molecular flexibility index (Phi) is 4.63. The van der Waals surface area contributed by atoms with Crippen molar-refractivity contribution in [2.24, 2.45) is 0 Å². The second kappa shape index (κ2) is 5.77. The average Bonchev–Trinajstić information content (AvgIpc) is 2.24. The van der Waals surface area contributed by atoms with Gasteiger partial charge in [0.1, 0.15) is 5.82 Å². The maximum absolute atomic E-state index is 13.1. The molecule has 0 fully saturated rings. The zero-order valence-corrected chi connectivity index (χ0v) is 10.2. The number of nitrogens with one attached hydrogen (secondary N) is 1. The van der Waals surface area contributed by atoms with E-state index in [1.165, 1.54) is 12.1 Å². The summed E-state index contributed by atoms with van der Waals surface area (Å²) >= 11 is 0. The van der Waals surface area contributed by atoms with Gasteiger partial charge in [0.2, 0.25) is 0 Å². The lowest BCUT2D eigenvalue weighted by Gasteiger charge is -2.25. The Morgan fingerprint density at radius 1 is 1.47 bits per heavy atom. The minimum Gasteiger partial charge on any atom is -0.481 e. The fourth-order valence-corrected chi connectivity index (χ4v) is 1.61. The second-order valence-electron chi connectivity index (χ2n) is 4.71. The van der Waals surface area contributed by atoms with Gasteiger partial charge in [0, 0.05) is 18.5 Å². The van der Waals surface area contributed by atoms with E-state index in [9.17, 15) is 9.18 Å². The Morgan fingerprint density at radius 2 is 2.18 bits per heavy atom. The maximum Gasteiger partial charge on any atom is 0.304 e. The summed E-state index contributed by atoms with van der Waals surface area (Å²) in [5.74, 6) is -1.07. The van der Waals surface area contributed by atoms with Crippen molar-refractivity contribution >= 4 is 5.97 Å². The van der Waals surface area contributed by atoms with Crippen molar-refractivity contribution in [3.63, 3.8) is 0 Å². The highest BCUT2D eigenvalue weighted by Crippen LogP contribution is 2.22. The normalized spacial score (nSPS) is 11.5. The minimum absolute atomic E-state index is 0.0965. The molecule has 0 saturated carbocycles. The van der Waals surface area contributed by atoms with Gasteiger partial charge in [-0.25, -0.2) is 4.39 Å². The van der Waals surface area contributed by atoms with Gasteiger partial charge in [0.15, 0.2) is 0 Å². The van der Waals surface area contributed by atoms with E-state index in [0.29, 0.717) is 13.1 Å². The van der Waals surface area contributed by atoms with Crippen molar-refractivity contribution in [3.8, 4) is 0 Å². The summed E-state index contributed by atoms with van der Waals surface area (Å²) in [5, 5.41) is 11.6. The monoisotopic (exact) mass is 239 g/mol. The molecular weight excluding hydrogens is 221 g/mol. The van der Waals surface area contributed by atoms with Gasteiger partial charge >= 0.3 is 5.97 Å². The number of hydrogen-bond donors (Lipinski definition) is 2. The molecule has 0 aliphatic carbocycles. The molecule has 0 amide bonds. The number of carboxylic acid groups (broad SMARTS) is 1. The van der Waals surface area contributed by atoms with Crippen LogP contribution >= 0.6 is 0 Å². The topological polar surface area (TPSA) is 49.3 Å². The number of benzene rings is 1. The van der Waals surface area contributed by atoms with Crippen LogP contribution in [0.25, 0.3) is 0 Å². The molecule has 0 saturated heterocycles. The Balaban J connectivity index is 2.53. The van der Waals surface area contributed by atoms with E-state index >= 15 is 0 Å². The standard InChI is InChI=1S/C13H18FNO2/c1-13(2,9-15-7-6-12(16)17)10-4-3-5-11(14)8-10/h3-5,8,15H,6-7,9H2,1-2H3,(H,16,17). The number of aliphatic carboxylic acids is 1. The van der Waals surface area contributed by atoms with Gasteiger partial charge in [0.05, 0.1) is 6.42 Å². The molecule has 0 spiro atoms. The lowest BCUT2D eigenvalue weighted by atomic mass is 9.84. The first-order valence-corrected chi connectivity index (χ1v) is 5.60. The van der Waals surface area contributed by atoms with Crippen molar-refractivity contribution in [2.45, 2.75) is 25.7 Å². The number of carbonyl (C=O) groups is 1. The van der Waals surface area contributed by atoms with E-state index in [1.54, 1.807) is 6.07 Å². The zero-order valence-electron chi connectivity index (χ0n) is 10.2. The van der Waals surface area contributed by atoms with Crippen molar-refractivity contribution in [1.82, 2.24) is 5.32 Å². The largest absolute Gasteiger partial charge is 0.481 e. The van der Waals surface area contributed by atoms with Crippen LogP contribution in [0.4, 0.5) is 4.39 Å². The van der Waals surface area contributed by atoms with Crippen molar-refractivity contribution < 1.29 is 14.3 Å². The lowest BCUT2D eigenvalue weighted by Crippen LogP contribution is -2.34. The SMILES string of the molecule is CC(C)(CNCCC(=O)O)c1cccc(F)c1. The third-order valence-corrected chi connectivity index (χ3v) is 2.69. The summed E-state index contributed by atoms with van der Waals surface area (Å²) in [5.41, 5.74) is 0.681. The quantitative estimate of drug-likeness (QED) is 0.748. The van der Waals surface area contributed by atoms with Gasteiger partial charge in [-0.15, -0.1) is 0 Å². The van der Waals surface area contributed by atoms with Gasteiger partial charge in [0.25, 0.3) is 0 Å². The van der Waals surface area contributed by atoms with Crippen molar-refractivity contribution in [3.05, 3.63) is 35.6 Å². The fraction of sp³-hybridized carbons (Fsp3) is 0.462. The molecule has 0 aliphatic rings. The molecule has 0 radical (unpaired) electrons. The predicted octanol–water partition coefficient (Wildman–Crippen LogP) is 2.17. The Hall–Kier alpha value is -1.42. The fourth-order valence-electron chi connectivity index (χ4n) is 1.61. The van der Waals surface area contributed by atoms with E-state index in [-0.39, 0.29) is 17.7 Å². The Morgan fingerprint density at radius 3 is 2.76 bits per heavy atom. The molecule has 1 aromatic carbocycles. The van der Waals surface area contributed by atoms with Crippen LogP contribution in [0.3, 0.4) is 0 Å². The van der Waals surface area contributed by atoms with E-state index < -0.39 is 5.97 Å². The molecule has 3 nitrogen and oxygen atoms in total. The first-order valence-electron chi connectivity index (χ1n) is 5.60. The summed E-state index contributed by atoms with van der Waals surface area (Å²) in [6.07, 6.45) is 0.0965. The molecule has 2 N–H and O–H groups in total. The highest BCUT2D eigenvalue weighted by atomic mass is 19.1. The van der Waals surface area contributed by atoms with Gasteiger partial charge in [-0.2, -0.15) is 0 Å². The van der Waals surface area contributed by atoms with Crippen molar-refractivity contribution in [2.75, 3.05) is 13.1 Å².